The molecule has 5 heteroatoms. The van der Waals surface area contributed by atoms with E-state index in [2.05, 4.69) is 62.1 Å². The number of aromatic nitrogens is 1. The number of ether oxygens (including phenoxy) is 1. The van der Waals surface area contributed by atoms with Crippen molar-refractivity contribution >= 4 is 28.6 Å². The van der Waals surface area contributed by atoms with Gasteiger partial charge in [0.2, 0.25) is 5.91 Å². The molecule has 2 atom stereocenters. The van der Waals surface area contributed by atoms with Crippen molar-refractivity contribution < 1.29 is 9.53 Å². The summed E-state index contributed by atoms with van der Waals surface area (Å²) in [6, 6.07) is 18.9. The fraction of sp³-hybridized carbons (Fsp3) is 0.429. The van der Waals surface area contributed by atoms with Crippen molar-refractivity contribution in [2.75, 3.05) is 19.4 Å². The first kappa shape index (κ1) is 22.3. The Morgan fingerprint density at radius 2 is 1.91 bits per heavy atom. The van der Waals surface area contributed by atoms with E-state index in [1.807, 2.05) is 18.2 Å². The first-order chi connectivity index (χ1) is 15.8. The van der Waals surface area contributed by atoms with Crippen LogP contribution in [0.4, 0.5) is 0 Å². The molecule has 2 aromatic carbocycles. The predicted molar refractivity (Wildman–Crippen MR) is 136 cm³/mol. The molecule has 5 rings (SSSR count). The fourth-order valence-corrected chi connectivity index (χ4v) is 7.01. The molecule has 172 valence electrons. The smallest absolute Gasteiger partial charge is 0.233 e. The second-order valence-corrected chi connectivity index (χ2v) is 11.8. The van der Waals surface area contributed by atoms with Crippen LogP contribution in [0.15, 0.2) is 59.6 Å². The molecule has 0 N–H and O–H groups in total. The number of fused-ring (bicyclic) bond motifs is 3. The van der Waals surface area contributed by atoms with E-state index in [-0.39, 0.29) is 11.3 Å². The molecule has 1 saturated carbocycles. The van der Waals surface area contributed by atoms with Crippen LogP contribution >= 0.6 is 11.8 Å². The molecular formula is C28H32N2O2S. The highest BCUT2D eigenvalue weighted by molar-refractivity contribution is 7.99. The van der Waals surface area contributed by atoms with Crippen LogP contribution in [0.2, 0.25) is 0 Å². The average Bonchev–Trinajstić information content (AvgIpc) is 3.05. The average molecular weight is 461 g/mol. The molecule has 1 amide bonds. The number of pyridine rings is 1. The van der Waals surface area contributed by atoms with Gasteiger partial charge in [-0.25, -0.2) is 4.98 Å². The molecule has 2 fully saturated rings. The lowest BCUT2D eigenvalue weighted by atomic mass is 9.65. The van der Waals surface area contributed by atoms with Gasteiger partial charge in [0.15, 0.2) is 0 Å². The summed E-state index contributed by atoms with van der Waals surface area (Å²) in [4.78, 5) is 20.3. The molecule has 2 aliphatic rings. The number of nitrogens with zero attached hydrogens (tertiary/aromatic N) is 2. The number of carbonyl (C=O) groups excluding carboxylic acids is 1. The summed E-state index contributed by atoms with van der Waals surface area (Å²) in [6.45, 7) is 7.93. The number of rotatable bonds is 5. The van der Waals surface area contributed by atoms with Crippen molar-refractivity contribution in [3.05, 3.63) is 54.6 Å². The van der Waals surface area contributed by atoms with Gasteiger partial charge in [-0.05, 0) is 59.4 Å². The van der Waals surface area contributed by atoms with Gasteiger partial charge in [0.25, 0.3) is 0 Å². The summed E-state index contributed by atoms with van der Waals surface area (Å²) >= 11 is 1.54. The maximum absolute atomic E-state index is 13.3. The minimum Gasteiger partial charge on any atom is -0.497 e. The van der Waals surface area contributed by atoms with E-state index in [9.17, 15) is 4.79 Å². The SMILES string of the molecule is COc1ccc2c(-c3ccccc3)cc(SCC(=O)N3CC4(C)CC3CC(C)(C)C4)nc2c1. The number of methoxy groups -OCH3 is 1. The third kappa shape index (κ3) is 4.48. The maximum Gasteiger partial charge on any atom is 0.233 e. The monoisotopic (exact) mass is 460 g/mol. The Morgan fingerprint density at radius 3 is 2.67 bits per heavy atom. The zero-order valence-corrected chi connectivity index (χ0v) is 20.7. The minimum absolute atomic E-state index is 0.236. The number of hydrogen-bond donors (Lipinski definition) is 0. The highest BCUT2D eigenvalue weighted by Gasteiger charge is 2.50. The first-order valence-corrected chi connectivity index (χ1v) is 12.7. The van der Waals surface area contributed by atoms with Crippen LogP contribution in [0.25, 0.3) is 22.0 Å². The molecular weight excluding hydrogens is 428 g/mol. The molecule has 1 aliphatic carbocycles. The van der Waals surface area contributed by atoms with Gasteiger partial charge in [-0.15, -0.1) is 0 Å². The quantitative estimate of drug-likeness (QED) is 0.412. The molecule has 2 bridgehead atoms. The van der Waals surface area contributed by atoms with Gasteiger partial charge in [-0.1, -0.05) is 62.9 Å². The summed E-state index contributed by atoms with van der Waals surface area (Å²) in [5.41, 5.74) is 3.72. The fourth-order valence-electron chi connectivity index (χ4n) is 6.21. The standard InChI is InChI=1S/C28H32N2O2S/c1-27(2)14-20-15-28(3,17-27)18-30(20)26(31)16-33-25-13-23(19-8-6-5-7-9-19)22-11-10-21(32-4)12-24(22)29-25/h5-13,20H,14-18H2,1-4H3. The van der Waals surface area contributed by atoms with Crippen molar-refractivity contribution in [1.29, 1.82) is 0 Å². The number of likely N-dealkylation sites (tertiary alicyclic amines) is 1. The third-order valence-corrected chi connectivity index (χ3v) is 8.05. The van der Waals surface area contributed by atoms with Crippen LogP contribution < -0.4 is 4.74 Å². The Morgan fingerprint density at radius 1 is 1.12 bits per heavy atom. The van der Waals surface area contributed by atoms with Crippen molar-refractivity contribution in [1.82, 2.24) is 9.88 Å². The Kier molecular flexibility index (Phi) is 5.64. The molecule has 3 aromatic rings. The van der Waals surface area contributed by atoms with Crippen molar-refractivity contribution in [2.24, 2.45) is 10.8 Å². The molecule has 1 saturated heterocycles. The Labute approximate surface area is 200 Å². The van der Waals surface area contributed by atoms with Crippen molar-refractivity contribution in [2.45, 2.75) is 51.1 Å². The third-order valence-electron chi connectivity index (χ3n) is 7.16. The van der Waals surface area contributed by atoms with E-state index in [0.29, 0.717) is 17.2 Å². The number of carbonyl (C=O) groups is 1. The molecule has 2 heterocycles. The van der Waals surface area contributed by atoms with Gasteiger partial charge in [0, 0.05) is 24.0 Å². The molecule has 0 spiro atoms. The van der Waals surface area contributed by atoms with E-state index in [0.717, 1.165) is 52.2 Å². The summed E-state index contributed by atoms with van der Waals surface area (Å²) in [7, 11) is 1.67. The van der Waals surface area contributed by atoms with Gasteiger partial charge >= 0.3 is 0 Å². The van der Waals surface area contributed by atoms with Crippen LogP contribution in [0.1, 0.15) is 40.0 Å². The number of thioether (sulfide) groups is 1. The normalized spacial score (nSPS) is 23.6. The van der Waals surface area contributed by atoms with Crippen LogP contribution in [0, 0.1) is 10.8 Å². The van der Waals surface area contributed by atoms with Crippen LogP contribution in [-0.2, 0) is 4.79 Å². The van der Waals surface area contributed by atoms with Gasteiger partial charge in [-0.3, -0.25) is 4.79 Å². The van der Waals surface area contributed by atoms with Crippen LogP contribution in [0.5, 0.6) is 5.75 Å². The predicted octanol–water partition coefficient (Wildman–Crippen LogP) is 6.43. The van der Waals surface area contributed by atoms with Gasteiger partial charge in [0.05, 0.1) is 23.4 Å². The zero-order valence-electron chi connectivity index (χ0n) is 19.9. The summed E-state index contributed by atoms with van der Waals surface area (Å²) in [5, 5.41) is 1.96. The molecule has 0 radical (unpaired) electrons. The van der Waals surface area contributed by atoms with E-state index in [1.165, 1.54) is 6.42 Å². The van der Waals surface area contributed by atoms with E-state index < -0.39 is 0 Å². The van der Waals surface area contributed by atoms with Crippen LogP contribution in [0.3, 0.4) is 0 Å². The van der Waals surface area contributed by atoms with E-state index >= 15 is 0 Å². The second kappa shape index (κ2) is 8.35. The topological polar surface area (TPSA) is 42.4 Å². The molecule has 2 unspecified atom stereocenters. The lowest BCUT2D eigenvalue weighted by molar-refractivity contribution is -0.129. The van der Waals surface area contributed by atoms with Gasteiger partial charge < -0.3 is 9.64 Å². The number of benzene rings is 2. The molecule has 33 heavy (non-hydrogen) atoms. The van der Waals surface area contributed by atoms with Gasteiger partial charge in [0.1, 0.15) is 5.75 Å². The molecule has 4 nitrogen and oxygen atoms in total. The van der Waals surface area contributed by atoms with Crippen molar-refractivity contribution in [3.63, 3.8) is 0 Å². The summed E-state index contributed by atoms with van der Waals surface area (Å²) in [5.74, 6) is 1.44. The summed E-state index contributed by atoms with van der Waals surface area (Å²) in [6.07, 6.45) is 3.44. The molecule has 1 aliphatic heterocycles. The van der Waals surface area contributed by atoms with Crippen LogP contribution in [-0.4, -0.2) is 41.2 Å². The van der Waals surface area contributed by atoms with E-state index in [4.69, 9.17) is 9.72 Å². The Balaban J connectivity index is 1.41. The number of hydrogen-bond acceptors (Lipinski definition) is 4. The Bertz CT molecular complexity index is 1190. The zero-order chi connectivity index (χ0) is 23.2. The highest BCUT2D eigenvalue weighted by Crippen LogP contribution is 2.52. The minimum atomic E-state index is 0.236. The van der Waals surface area contributed by atoms with E-state index in [1.54, 1.807) is 18.9 Å². The summed E-state index contributed by atoms with van der Waals surface area (Å²) < 4.78 is 5.43. The highest BCUT2D eigenvalue weighted by atomic mass is 32.2. The first-order valence-electron chi connectivity index (χ1n) is 11.7. The lowest BCUT2D eigenvalue weighted by Gasteiger charge is -2.39. The molecule has 1 aromatic heterocycles. The van der Waals surface area contributed by atoms with Gasteiger partial charge in [-0.2, -0.15) is 0 Å². The Hall–Kier alpha value is -2.53. The van der Waals surface area contributed by atoms with Crippen molar-refractivity contribution in [3.8, 4) is 16.9 Å². The number of amides is 1. The maximum atomic E-state index is 13.3. The largest absolute Gasteiger partial charge is 0.497 e. The second-order valence-electron chi connectivity index (χ2n) is 10.8. The lowest BCUT2D eigenvalue weighted by Crippen LogP contribution is -2.38.